The van der Waals surface area contributed by atoms with Gasteiger partial charge in [0.05, 0.1) is 37.4 Å². The molecule has 0 spiro atoms. The van der Waals surface area contributed by atoms with E-state index in [1.54, 1.807) is 0 Å². The van der Waals surface area contributed by atoms with E-state index >= 15 is 0 Å². The van der Waals surface area contributed by atoms with Gasteiger partial charge in [-0.3, -0.25) is 4.57 Å². The predicted molar refractivity (Wildman–Crippen MR) is 137 cm³/mol. The fraction of sp³-hybridized carbons (Fsp3) is 0.522. The number of nitrogens with zero attached hydrogens (tertiary/aromatic N) is 4. The average Bonchev–Trinajstić information content (AvgIpc) is 3.45. The Bertz CT molecular complexity index is 1380. The topological polar surface area (TPSA) is 213 Å². The van der Waals surface area contributed by atoms with Crippen LogP contribution in [-0.2, 0) is 20.5 Å². The Balaban J connectivity index is 1.40. The lowest BCUT2D eigenvalue weighted by atomic mass is 9.88. The molecule has 0 amide bonds. The van der Waals surface area contributed by atoms with Crippen molar-refractivity contribution in [2.45, 2.75) is 55.2 Å². The minimum Gasteiger partial charge on any atom is -0.393 e. The summed E-state index contributed by atoms with van der Waals surface area (Å²) >= 11 is 6.25. The predicted octanol–water partition coefficient (Wildman–Crippen LogP) is 0.464. The highest BCUT2D eigenvalue weighted by molar-refractivity contribution is 7.53. The maximum atomic E-state index is 11.8. The van der Waals surface area contributed by atoms with E-state index in [-0.39, 0.29) is 17.0 Å². The molecule has 2 aromatic heterocycles. The molecule has 3 heterocycles. The quantitative estimate of drug-likeness (QED) is 0.134. The highest BCUT2D eigenvalue weighted by Gasteiger charge is 2.51. The van der Waals surface area contributed by atoms with Crippen molar-refractivity contribution in [2.75, 3.05) is 25.1 Å². The highest BCUT2D eigenvalue weighted by atomic mass is 35.5. The first-order valence-electron chi connectivity index (χ1n) is 12.3. The van der Waals surface area contributed by atoms with E-state index in [1.165, 1.54) is 16.4 Å². The molecule has 1 aliphatic carbocycles. The van der Waals surface area contributed by atoms with Crippen LogP contribution < -0.4 is 5.32 Å². The molecule has 3 aromatic rings. The van der Waals surface area contributed by atoms with Crippen LogP contribution in [0.4, 0.5) is 5.82 Å². The van der Waals surface area contributed by atoms with Crippen LogP contribution in [0, 0.1) is 0 Å². The van der Waals surface area contributed by atoms with E-state index in [0.717, 1.165) is 24.8 Å². The number of nitrogens with one attached hydrogen (secondary N) is 1. The number of benzene rings is 1. The van der Waals surface area contributed by atoms with Crippen molar-refractivity contribution in [3.63, 3.8) is 0 Å². The van der Waals surface area contributed by atoms with Crippen molar-refractivity contribution in [3.05, 3.63) is 46.9 Å². The number of fused-ring (bicyclic) bond motifs is 2. The average molecular weight is 586 g/mol. The first-order chi connectivity index (χ1) is 18.6. The Morgan fingerprint density at radius 3 is 2.64 bits per heavy atom. The van der Waals surface area contributed by atoms with Crippen LogP contribution in [0.25, 0.3) is 11.0 Å². The Kier molecular flexibility index (Phi) is 7.97. The standard InChI is InChI=1S/C23H29ClN5O9P/c24-22-27-19(26-15-7-3-5-12-4-1-2-6-13(12)15)14-8-25-29(20(14)28-22)21-18(33)17(32)16(38-21)9-37-23(10-30,11-31)39(34,35)36/h1-2,4,6,8,15-18,21,30-33H,3,5,7,9-11H2,(H,26,27,28)(H2,34,35,36)/t15-,16-,17-,18-,21-/m1/s1. The molecule has 16 heteroatoms. The number of rotatable bonds is 9. The van der Waals surface area contributed by atoms with Gasteiger partial charge in [-0.15, -0.1) is 0 Å². The van der Waals surface area contributed by atoms with Crippen LogP contribution in [0.15, 0.2) is 30.5 Å². The van der Waals surface area contributed by atoms with Crippen LogP contribution in [-0.4, -0.2) is 93.4 Å². The Hall–Kier alpha value is -2.23. The SMILES string of the molecule is O=P(O)(O)C(CO)(CO)OC[C@H]1O[C@@H](n2ncc3c(N[C@@H]4CCCc5ccccc54)nc(Cl)nc32)[C@H](O)[C@@H]1O. The van der Waals surface area contributed by atoms with Crippen molar-refractivity contribution in [1.82, 2.24) is 19.7 Å². The van der Waals surface area contributed by atoms with Crippen LogP contribution in [0.2, 0.25) is 5.28 Å². The van der Waals surface area contributed by atoms with E-state index < -0.39 is 57.3 Å². The number of aliphatic hydroxyl groups excluding tert-OH is 4. The normalized spacial score (nSPS) is 25.7. The van der Waals surface area contributed by atoms with Gasteiger partial charge in [0.2, 0.25) is 10.6 Å². The summed E-state index contributed by atoms with van der Waals surface area (Å²) in [5.74, 6) is 0.434. The lowest BCUT2D eigenvalue weighted by Crippen LogP contribution is -2.44. The van der Waals surface area contributed by atoms with Crippen LogP contribution >= 0.6 is 19.2 Å². The van der Waals surface area contributed by atoms with Gasteiger partial charge in [0.25, 0.3) is 0 Å². The zero-order valence-corrected chi connectivity index (χ0v) is 22.2. The second-order valence-electron chi connectivity index (χ2n) is 9.62. The smallest absolute Gasteiger partial charge is 0.361 e. The number of halogens is 1. The molecular weight excluding hydrogens is 557 g/mol. The summed E-state index contributed by atoms with van der Waals surface area (Å²) in [6.45, 7) is -3.05. The fourth-order valence-corrected chi connectivity index (χ4v) is 5.76. The third-order valence-electron chi connectivity index (χ3n) is 7.23. The minimum atomic E-state index is -5.12. The molecule has 0 radical (unpaired) electrons. The van der Waals surface area contributed by atoms with E-state index in [1.807, 2.05) is 12.1 Å². The summed E-state index contributed by atoms with van der Waals surface area (Å²) in [4.78, 5) is 27.7. The van der Waals surface area contributed by atoms with Crippen molar-refractivity contribution in [3.8, 4) is 0 Å². The first-order valence-corrected chi connectivity index (χ1v) is 14.3. The molecular formula is C23H29ClN5O9P. The Morgan fingerprint density at radius 1 is 1.18 bits per heavy atom. The molecule has 1 aromatic carbocycles. The summed E-state index contributed by atoms with van der Waals surface area (Å²) in [6.07, 6.45) is -1.32. The molecule has 1 aliphatic heterocycles. The number of aryl methyl sites for hydroxylation is 1. The molecule has 1 saturated heterocycles. The summed E-state index contributed by atoms with van der Waals surface area (Å²) in [7, 11) is -5.12. The van der Waals surface area contributed by atoms with Crippen LogP contribution in [0.3, 0.4) is 0 Å². The molecule has 7 N–H and O–H groups in total. The maximum Gasteiger partial charge on any atom is 0.361 e. The molecule has 1 fully saturated rings. The largest absolute Gasteiger partial charge is 0.393 e. The minimum absolute atomic E-state index is 0.0171. The van der Waals surface area contributed by atoms with Gasteiger partial charge < -0.3 is 45.0 Å². The molecule has 2 aliphatic rings. The Morgan fingerprint density at radius 2 is 1.92 bits per heavy atom. The number of aromatic nitrogens is 4. The van der Waals surface area contributed by atoms with Gasteiger partial charge in [-0.2, -0.15) is 15.1 Å². The number of hydrogen-bond donors (Lipinski definition) is 7. The van der Waals surface area contributed by atoms with Crippen molar-refractivity contribution in [2.24, 2.45) is 0 Å². The zero-order valence-electron chi connectivity index (χ0n) is 20.5. The van der Waals surface area contributed by atoms with Gasteiger partial charge in [0, 0.05) is 0 Å². The molecule has 39 heavy (non-hydrogen) atoms. The summed E-state index contributed by atoms with van der Waals surface area (Å²) in [5, 5.41) is 45.8. The van der Waals surface area contributed by atoms with Crippen molar-refractivity contribution < 1.29 is 44.3 Å². The van der Waals surface area contributed by atoms with Gasteiger partial charge in [-0.05, 0) is 42.0 Å². The highest BCUT2D eigenvalue weighted by Crippen LogP contribution is 2.51. The maximum absolute atomic E-state index is 11.8. The third kappa shape index (κ3) is 5.18. The molecule has 0 saturated carbocycles. The van der Waals surface area contributed by atoms with Gasteiger partial charge in [-0.1, -0.05) is 24.3 Å². The molecule has 14 nitrogen and oxygen atoms in total. The summed E-state index contributed by atoms with van der Waals surface area (Å²) < 4.78 is 23.9. The number of aliphatic hydroxyl groups is 4. The second-order valence-corrected chi connectivity index (χ2v) is 11.9. The van der Waals surface area contributed by atoms with Gasteiger partial charge in [0.1, 0.15) is 24.1 Å². The second kappa shape index (κ2) is 11.0. The van der Waals surface area contributed by atoms with Gasteiger partial charge in [-0.25, -0.2) is 4.68 Å². The lowest BCUT2D eigenvalue weighted by Gasteiger charge is -2.31. The fourth-order valence-electron chi connectivity index (χ4n) is 4.98. The van der Waals surface area contributed by atoms with Gasteiger partial charge in [0.15, 0.2) is 11.9 Å². The number of hydrogen-bond acceptors (Lipinski definition) is 11. The summed E-state index contributed by atoms with van der Waals surface area (Å²) in [5.41, 5.74) is 2.63. The van der Waals surface area contributed by atoms with E-state index in [2.05, 4.69) is 32.5 Å². The number of ether oxygens (including phenoxy) is 2. The monoisotopic (exact) mass is 585 g/mol. The molecule has 5 atom stereocenters. The van der Waals surface area contributed by atoms with E-state index in [4.69, 9.17) is 21.1 Å². The van der Waals surface area contributed by atoms with Crippen molar-refractivity contribution in [1.29, 1.82) is 0 Å². The van der Waals surface area contributed by atoms with Crippen LogP contribution in [0.1, 0.15) is 36.2 Å². The first kappa shape index (κ1) is 28.3. The zero-order chi connectivity index (χ0) is 27.9. The van der Waals surface area contributed by atoms with E-state index in [0.29, 0.717) is 11.2 Å². The van der Waals surface area contributed by atoms with Gasteiger partial charge >= 0.3 is 7.60 Å². The van der Waals surface area contributed by atoms with Crippen molar-refractivity contribution >= 4 is 36.0 Å². The number of anilines is 1. The molecule has 212 valence electrons. The van der Waals surface area contributed by atoms with Crippen LogP contribution in [0.5, 0.6) is 0 Å². The summed E-state index contributed by atoms with van der Waals surface area (Å²) in [6, 6.07) is 8.13. The molecule has 0 bridgehead atoms. The third-order valence-corrected chi connectivity index (χ3v) is 8.87. The lowest BCUT2D eigenvalue weighted by molar-refractivity contribution is -0.121. The molecule has 5 rings (SSSR count). The van der Waals surface area contributed by atoms with E-state index in [9.17, 15) is 34.8 Å². The molecule has 0 unspecified atom stereocenters. The Labute approximate surface area is 227 Å².